The molecule has 0 saturated carbocycles. The number of rotatable bonds is 8. The lowest BCUT2D eigenvalue weighted by Crippen LogP contribution is -2.37. The average Bonchev–Trinajstić information content (AvgIpc) is 2.73. The Labute approximate surface area is 167 Å². The van der Waals surface area contributed by atoms with Gasteiger partial charge in [-0.15, -0.1) is 0 Å². The van der Waals surface area contributed by atoms with Crippen molar-refractivity contribution in [2.45, 2.75) is 38.8 Å². The van der Waals surface area contributed by atoms with Crippen molar-refractivity contribution in [1.82, 2.24) is 15.5 Å². The minimum Gasteiger partial charge on any atom is -0.350 e. The summed E-state index contributed by atoms with van der Waals surface area (Å²) in [6.07, 6.45) is 4.23. The Hall–Kier alpha value is -2.66. The zero-order valence-corrected chi connectivity index (χ0v) is 16.3. The summed E-state index contributed by atoms with van der Waals surface area (Å²) in [6, 6.07) is 17.9. The molecule has 0 bridgehead atoms. The first-order valence-corrected chi connectivity index (χ1v) is 10.1. The van der Waals surface area contributed by atoms with Gasteiger partial charge in [-0.25, -0.2) is 0 Å². The Morgan fingerprint density at radius 1 is 0.750 bits per heavy atom. The zero-order valence-electron chi connectivity index (χ0n) is 16.3. The van der Waals surface area contributed by atoms with Crippen LogP contribution in [0.5, 0.6) is 0 Å². The smallest absolute Gasteiger partial charge is 0.239 e. The molecule has 5 nitrogen and oxygen atoms in total. The number of piperidine rings is 1. The fourth-order valence-corrected chi connectivity index (χ4v) is 3.42. The molecule has 0 aliphatic carbocycles. The van der Waals surface area contributed by atoms with Crippen molar-refractivity contribution in [3.63, 3.8) is 0 Å². The first-order valence-electron chi connectivity index (χ1n) is 10.1. The molecule has 5 heteroatoms. The number of hydrogen-bond donors (Lipinski definition) is 2. The van der Waals surface area contributed by atoms with Gasteiger partial charge in [0.2, 0.25) is 11.8 Å². The van der Waals surface area contributed by atoms with Gasteiger partial charge in [0.25, 0.3) is 0 Å². The van der Waals surface area contributed by atoms with Gasteiger partial charge in [-0.3, -0.25) is 14.5 Å². The molecule has 148 valence electrons. The van der Waals surface area contributed by atoms with E-state index >= 15 is 0 Å². The van der Waals surface area contributed by atoms with Gasteiger partial charge >= 0.3 is 0 Å². The minimum atomic E-state index is -0.182. The van der Waals surface area contributed by atoms with E-state index in [-0.39, 0.29) is 24.8 Å². The van der Waals surface area contributed by atoms with Gasteiger partial charge in [-0.2, -0.15) is 0 Å². The topological polar surface area (TPSA) is 61.4 Å². The highest BCUT2D eigenvalue weighted by Crippen LogP contribution is 2.13. The van der Waals surface area contributed by atoms with Gasteiger partial charge in [-0.1, -0.05) is 61.0 Å². The van der Waals surface area contributed by atoms with Gasteiger partial charge in [0.05, 0.1) is 13.0 Å². The predicted octanol–water partition coefficient (Wildman–Crippen LogP) is 2.65. The molecule has 2 amide bonds. The van der Waals surface area contributed by atoms with Gasteiger partial charge in [0.1, 0.15) is 0 Å². The van der Waals surface area contributed by atoms with E-state index in [1.165, 1.54) is 37.9 Å². The molecule has 0 atom stereocenters. The Kier molecular flexibility index (Phi) is 7.62. The van der Waals surface area contributed by atoms with Gasteiger partial charge < -0.3 is 10.6 Å². The highest BCUT2D eigenvalue weighted by molar-refractivity contribution is 5.85. The maximum absolute atomic E-state index is 12.0. The molecule has 1 aliphatic rings. The van der Waals surface area contributed by atoms with Crippen LogP contribution in [0.3, 0.4) is 0 Å². The predicted molar refractivity (Wildman–Crippen MR) is 111 cm³/mol. The average molecular weight is 380 g/mol. The van der Waals surface area contributed by atoms with Crippen LogP contribution < -0.4 is 10.6 Å². The third-order valence-corrected chi connectivity index (χ3v) is 5.02. The van der Waals surface area contributed by atoms with Gasteiger partial charge in [0, 0.05) is 13.1 Å². The van der Waals surface area contributed by atoms with E-state index < -0.39 is 0 Å². The number of nitrogens with zero attached hydrogens (tertiary/aromatic N) is 1. The molecular formula is C23H29N3O2. The Balaban J connectivity index is 1.35. The third kappa shape index (κ3) is 6.82. The largest absolute Gasteiger partial charge is 0.350 e. The normalized spacial score (nSPS) is 14.4. The number of hydrogen-bond acceptors (Lipinski definition) is 3. The lowest BCUT2D eigenvalue weighted by Gasteiger charge is -2.26. The molecule has 3 rings (SSSR count). The second kappa shape index (κ2) is 10.6. The van der Waals surface area contributed by atoms with E-state index in [2.05, 4.69) is 39.8 Å². The van der Waals surface area contributed by atoms with E-state index in [1.807, 2.05) is 30.3 Å². The molecule has 0 unspecified atom stereocenters. The summed E-state index contributed by atoms with van der Waals surface area (Å²) in [7, 11) is 0. The van der Waals surface area contributed by atoms with E-state index in [4.69, 9.17) is 0 Å². The number of carbonyl (C=O) groups excluding carboxylic acids is 2. The van der Waals surface area contributed by atoms with Gasteiger partial charge in [-0.05, 0) is 42.6 Å². The standard InChI is InChI=1S/C23H29N3O2/c27-22(15-19-7-3-1-4-8-19)25-17-23(28)24-16-20-9-11-21(12-10-20)18-26-13-5-2-6-14-26/h1,3-4,7-12H,2,5-6,13-18H2,(H,24,28)(H,25,27). The second-order valence-corrected chi connectivity index (χ2v) is 7.37. The van der Waals surface area contributed by atoms with Crippen molar-refractivity contribution in [1.29, 1.82) is 0 Å². The van der Waals surface area contributed by atoms with Crippen LogP contribution in [0.15, 0.2) is 54.6 Å². The SMILES string of the molecule is O=C(CNC(=O)Cc1ccccc1)NCc1ccc(CN2CCCCC2)cc1. The van der Waals surface area contributed by atoms with Crippen LogP contribution >= 0.6 is 0 Å². The Morgan fingerprint density at radius 3 is 2.14 bits per heavy atom. The molecule has 0 aromatic heterocycles. The molecule has 1 aliphatic heterocycles. The zero-order chi connectivity index (χ0) is 19.6. The van der Waals surface area contributed by atoms with Crippen LogP contribution in [0.25, 0.3) is 0 Å². The summed E-state index contributed by atoms with van der Waals surface area (Å²) in [4.78, 5) is 26.4. The molecule has 2 aromatic carbocycles. The summed E-state index contributed by atoms with van der Waals surface area (Å²) >= 11 is 0. The van der Waals surface area contributed by atoms with E-state index in [9.17, 15) is 9.59 Å². The summed E-state index contributed by atoms with van der Waals surface area (Å²) in [6.45, 7) is 3.85. The summed E-state index contributed by atoms with van der Waals surface area (Å²) in [5.41, 5.74) is 3.31. The molecular weight excluding hydrogens is 350 g/mol. The van der Waals surface area contributed by atoms with Crippen LogP contribution in [0.2, 0.25) is 0 Å². The van der Waals surface area contributed by atoms with Crippen LogP contribution in [0, 0.1) is 0 Å². The van der Waals surface area contributed by atoms with Crippen molar-refractivity contribution in [3.8, 4) is 0 Å². The van der Waals surface area contributed by atoms with Crippen molar-refractivity contribution >= 4 is 11.8 Å². The van der Waals surface area contributed by atoms with Crippen LogP contribution in [0.1, 0.15) is 36.0 Å². The minimum absolute atomic E-state index is 0.00128. The summed E-state index contributed by atoms with van der Waals surface area (Å²) < 4.78 is 0. The van der Waals surface area contributed by atoms with Crippen molar-refractivity contribution in [3.05, 3.63) is 71.3 Å². The first-order chi connectivity index (χ1) is 13.7. The molecule has 1 heterocycles. The fourth-order valence-electron chi connectivity index (χ4n) is 3.42. The number of amides is 2. The highest BCUT2D eigenvalue weighted by atomic mass is 16.2. The molecule has 0 spiro atoms. The lowest BCUT2D eigenvalue weighted by molar-refractivity contribution is -0.125. The summed E-state index contributed by atoms with van der Waals surface area (Å²) in [5, 5.41) is 5.52. The maximum atomic E-state index is 12.0. The highest BCUT2D eigenvalue weighted by Gasteiger charge is 2.10. The van der Waals surface area contributed by atoms with E-state index in [1.54, 1.807) is 0 Å². The van der Waals surface area contributed by atoms with Gasteiger partial charge in [0.15, 0.2) is 0 Å². The lowest BCUT2D eigenvalue weighted by atomic mass is 10.1. The Morgan fingerprint density at radius 2 is 1.43 bits per heavy atom. The first kappa shape index (κ1) is 20.1. The molecule has 28 heavy (non-hydrogen) atoms. The van der Waals surface area contributed by atoms with E-state index in [0.717, 1.165) is 17.7 Å². The van der Waals surface area contributed by atoms with Crippen LogP contribution in [0.4, 0.5) is 0 Å². The molecule has 1 saturated heterocycles. The van der Waals surface area contributed by atoms with Crippen molar-refractivity contribution in [2.75, 3.05) is 19.6 Å². The van der Waals surface area contributed by atoms with E-state index in [0.29, 0.717) is 6.54 Å². The number of carbonyl (C=O) groups is 2. The fraction of sp³-hybridized carbons (Fsp3) is 0.391. The van der Waals surface area contributed by atoms with Crippen LogP contribution in [-0.4, -0.2) is 36.3 Å². The van der Waals surface area contributed by atoms with Crippen molar-refractivity contribution in [2.24, 2.45) is 0 Å². The molecule has 0 radical (unpaired) electrons. The number of benzene rings is 2. The monoisotopic (exact) mass is 379 g/mol. The molecule has 1 fully saturated rings. The second-order valence-electron chi connectivity index (χ2n) is 7.37. The number of nitrogens with one attached hydrogen (secondary N) is 2. The molecule has 2 aromatic rings. The molecule has 2 N–H and O–H groups in total. The Bertz CT molecular complexity index is 753. The summed E-state index contributed by atoms with van der Waals surface area (Å²) in [5.74, 6) is -0.331. The quantitative estimate of drug-likeness (QED) is 0.741. The van der Waals surface area contributed by atoms with Crippen LogP contribution in [-0.2, 0) is 29.1 Å². The third-order valence-electron chi connectivity index (χ3n) is 5.02. The maximum Gasteiger partial charge on any atom is 0.239 e. The number of likely N-dealkylation sites (tertiary alicyclic amines) is 1. The van der Waals surface area contributed by atoms with Crippen molar-refractivity contribution < 1.29 is 9.59 Å².